The highest BCUT2D eigenvalue weighted by Crippen LogP contribution is 2.34. The van der Waals surface area contributed by atoms with Gasteiger partial charge in [0.05, 0.1) is 22.8 Å². The van der Waals surface area contributed by atoms with Crippen LogP contribution in [0.15, 0.2) is 73.3 Å². The van der Waals surface area contributed by atoms with Gasteiger partial charge in [0, 0.05) is 63.5 Å². The first kappa shape index (κ1) is 29.6. The van der Waals surface area contributed by atoms with Crippen molar-refractivity contribution < 1.29 is 0 Å². The fourth-order valence-corrected chi connectivity index (χ4v) is 6.60. The summed E-state index contributed by atoms with van der Waals surface area (Å²) in [5.74, 6) is 0. The van der Waals surface area contributed by atoms with Crippen LogP contribution < -0.4 is 0 Å². The number of unbranched alkanes of at least 4 members (excludes halogenated alkanes) is 4. The van der Waals surface area contributed by atoms with Crippen LogP contribution in [-0.4, -0.2) is 29.9 Å². The van der Waals surface area contributed by atoms with Crippen molar-refractivity contribution >= 4 is 46.4 Å². The molecule has 0 aromatic carbocycles. The molecule has 0 spiro atoms. The number of aromatic amines is 2. The summed E-state index contributed by atoms with van der Waals surface area (Å²) in [6.45, 7) is 4.50. The molecule has 2 aliphatic rings. The van der Waals surface area contributed by atoms with Crippen molar-refractivity contribution in [2.45, 2.75) is 65.2 Å². The van der Waals surface area contributed by atoms with E-state index in [1.54, 1.807) is 0 Å². The van der Waals surface area contributed by atoms with Crippen LogP contribution in [0.2, 0.25) is 0 Å². The molecule has 5 aromatic rings. The van der Waals surface area contributed by atoms with E-state index < -0.39 is 0 Å². The van der Waals surface area contributed by atoms with Crippen LogP contribution in [0.5, 0.6) is 0 Å². The van der Waals surface area contributed by atoms with Gasteiger partial charge in [0.1, 0.15) is 0 Å². The Kier molecular flexibility index (Phi) is 8.68. The van der Waals surface area contributed by atoms with E-state index >= 15 is 0 Å². The van der Waals surface area contributed by atoms with Crippen molar-refractivity contribution in [3.8, 4) is 22.3 Å². The van der Waals surface area contributed by atoms with Gasteiger partial charge in [-0.15, -0.1) is 0 Å². The molecule has 2 N–H and O–H groups in total. The Balaban J connectivity index is 1.60. The third-order valence-electron chi connectivity index (χ3n) is 8.97. The Morgan fingerprint density at radius 2 is 0.870 bits per heavy atom. The van der Waals surface area contributed by atoms with Gasteiger partial charge in [0.15, 0.2) is 0 Å². The second kappa shape index (κ2) is 13.5. The first-order chi connectivity index (χ1) is 22.7. The Morgan fingerprint density at radius 1 is 0.457 bits per heavy atom. The van der Waals surface area contributed by atoms with E-state index in [2.05, 4.69) is 107 Å². The van der Waals surface area contributed by atoms with Crippen LogP contribution >= 0.6 is 0 Å². The van der Waals surface area contributed by atoms with Gasteiger partial charge in [-0.2, -0.15) is 0 Å². The van der Waals surface area contributed by atoms with Crippen LogP contribution in [0.1, 0.15) is 86.3 Å². The summed E-state index contributed by atoms with van der Waals surface area (Å²) in [4.78, 5) is 26.9. The summed E-state index contributed by atoms with van der Waals surface area (Å²) in [5, 5.41) is 0. The fraction of sp³-hybridized carbons (Fsp3) is 0.250. The average Bonchev–Trinajstić information content (AvgIpc) is 3.92. The van der Waals surface area contributed by atoms with Crippen molar-refractivity contribution in [1.29, 1.82) is 0 Å². The monoisotopic (exact) mass is 604 g/mol. The minimum absolute atomic E-state index is 0.922. The lowest BCUT2D eigenvalue weighted by molar-refractivity contribution is 0.714. The topological polar surface area (TPSA) is 83.1 Å². The number of H-pyrrole nitrogens is 2. The van der Waals surface area contributed by atoms with Crippen molar-refractivity contribution in [2.24, 2.45) is 0 Å². The molecule has 6 heteroatoms. The number of aryl methyl sites for hydroxylation is 1. The summed E-state index contributed by atoms with van der Waals surface area (Å²) in [7, 11) is 0. The van der Waals surface area contributed by atoms with E-state index in [1.165, 1.54) is 30.4 Å². The number of hydrogen-bond donors (Lipinski definition) is 2. The zero-order chi connectivity index (χ0) is 31.3. The van der Waals surface area contributed by atoms with E-state index in [4.69, 9.17) is 9.97 Å². The standard InChI is InChI=1S/C40H40N6/c1-3-5-7-9-29-31-11-15-35(43-31)39(27-19-23-41-24-20-27)37-17-13-33(45-37)30(10-8-6-4-2)34-14-18-38(46-34)40(28-21-25-42-26-22-28)36-16-12-32(29)44-36/h11-26,43-44H,3-10H2,1-2H3. The maximum atomic E-state index is 5.31. The normalized spacial score (nSPS) is 12.2. The summed E-state index contributed by atoms with van der Waals surface area (Å²) in [6.07, 6.45) is 24.9. The number of nitrogens with one attached hydrogen (secondary N) is 2. The molecule has 0 fully saturated rings. The smallest absolute Gasteiger partial charge is 0.0737 e. The Labute approximate surface area is 270 Å². The van der Waals surface area contributed by atoms with Gasteiger partial charge in [-0.1, -0.05) is 39.5 Å². The van der Waals surface area contributed by atoms with Gasteiger partial charge in [0.2, 0.25) is 0 Å². The largest absolute Gasteiger partial charge is 0.355 e. The molecule has 0 amide bonds. The molecular weight excluding hydrogens is 564 g/mol. The molecule has 46 heavy (non-hydrogen) atoms. The first-order valence-electron chi connectivity index (χ1n) is 16.7. The van der Waals surface area contributed by atoms with Gasteiger partial charge in [-0.25, -0.2) is 9.97 Å². The number of rotatable bonds is 10. The average molecular weight is 605 g/mol. The summed E-state index contributed by atoms with van der Waals surface area (Å²) < 4.78 is 0. The van der Waals surface area contributed by atoms with Crippen molar-refractivity contribution in [3.05, 3.63) is 107 Å². The molecule has 0 saturated carbocycles. The van der Waals surface area contributed by atoms with Crippen molar-refractivity contribution in [3.63, 3.8) is 0 Å². The summed E-state index contributed by atoms with van der Waals surface area (Å²) >= 11 is 0. The highest BCUT2D eigenvalue weighted by molar-refractivity contribution is 5.94. The van der Waals surface area contributed by atoms with E-state index in [0.717, 1.165) is 99.2 Å². The molecule has 0 aliphatic carbocycles. The van der Waals surface area contributed by atoms with Gasteiger partial charge in [-0.3, -0.25) is 9.97 Å². The molecule has 0 radical (unpaired) electrons. The molecule has 5 aromatic heterocycles. The van der Waals surface area contributed by atoms with Crippen molar-refractivity contribution in [2.75, 3.05) is 0 Å². The predicted molar refractivity (Wildman–Crippen MR) is 192 cm³/mol. The lowest BCUT2D eigenvalue weighted by Crippen LogP contribution is -1.95. The van der Waals surface area contributed by atoms with E-state index in [-0.39, 0.29) is 0 Å². The number of fused-ring (bicyclic) bond motifs is 8. The lowest BCUT2D eigenvalue weighted by Gasteiger charge is -2.06. The number of hydrogen-bond acceptors (Lipinski definition) is 4. The van der Waals surface area contributed by atoms with Gasteiger partial charge < -0.3 is 9.97 Å². The van der Waals surface area contributed by atoms with E-state index in [1.807, 2.05) is 24.8 Å². The zero-order valence-corrected chi connectivity index (χ0v) is 26.7. The van der Waals surface area contributed by atoms with Gasteiger partial charge in [0.25, 0.3) is 0 Å². The summed E-state index contributed by atoms with van der Waals surface area (Å²) in [6, 6.07) is 17.1. The number of pyridine rings is 2. The Hall–Kier alpha value is -5.10. The molecule has 7 heterocycles. The SMILES string of the molecule is CCCCCc1c2nc(c(-c3ccncc3)c3ccc([nH]3)c(CCCCC)c3ccc([nH]3)c(-c3ccncc3)c3nc1C=C3)C=C2. The maximum Gasteiger partial charge on any atom is 0.0737 e. The van der Waals surface area contributed by atoms with Crippen LogP contribution in [0, 0.1) is 0 Å². The molecule has 0 unspecified atom stereocenters. The molecule has 6 nitrogen and oxygen atoms in total. The third kappa shape index (κ3) is 5.95. The van der Waals surface area contributed by atoms with Crippen LogP contribution in [0.25, 0.3) is 68.6 Å². The minimum Gasteiger partial charge on any atom is -0.355 e. The Morgan fingerprint density at radius 3 is 1.33 bits per heavy atom. The number of nitrogens with zero attached hydrogens (tertiary/aromatic N) is 4. The number of aromatic nitrogens is 6. The quantitative estimate of drug-likeness (QED) is 0.152. The zero-order valence-electron chi connectivity index (χ0n) is 26.7. The molecule has 8 bridgehead atoms. The first-order valence-corrected chi connectivity index (χ1v) is 16.7. The summed E-state index contributed by atoms with van der Waals surface area (Å²) in [5.41, 5.74) is 15.0. The fourth-order valence-electron chi connectivity index (χ4n) is 6.60. The molecule has 2 aliphatic heterocycles. The molecule has 0 atom stereocenters. The van der Waals surface area contributed by atoms with E-state index in [9.17, 15) is 0 Å². The highest BCUT2D eigenvalue weighted by Gasteiger charge is 2.18. The maximum absolute atomic E-state index is 5.31. The molecule has 7 rings (SSSR count). The Bertz CT molecular complexity index is 1930. The molecule has 230 valence electrons. The van der Waals surface area contributed by atoms with Gasteiger partial charge in [-0.05, 0) is 115 Å². The van der Waals surface area contributed by atoms with Crippen LogP contribution in [0.3, 0.4) is 0 Å². The molecular formula is C40H40N6. The van der Waals surface area contributed by atoms with E-state index in [0.29, 0.717) is 0 Å². The van der Waals surface area contributed by atoms with Crippen molar-refractivity contribution in [1.82, 2.24) is 29.9 Å². The lowest BCUT2D eigenvalue weighted by atomic mass is 10.0. The highest BCUT2D eigenvalue weighted by atomic mass is 14.8. The van der Waals surface area contributed by atoms with Crippen LogP contribution in [0.4, 0.5) is 0 Å². The minimum atomic E-state index is 0.922. The predicted octanol–water partition coefficient (Wildman–Crippen LogP) is 10.2. The second-order valence-corrected chi connectivity index (χ2v) is 12.1. The van der Waals surface area contributed by atoms with Crippen LogP contribution in [-0.2, 0) is 12.8 Å². The molecule has 0 saturated heterocycles. The second-order valence-electron chi connectivity index (χ2n) is 12.1. The third-order valence-corrected chi connectivity index (χ3v) is 8.97. The van der Waals surface area contributed by atoms with Gasteiger partial charge >= 0.3 is 0 Å².